The minimum Gasteiger partial charge on any atom is -0.493 e. The molecule has 0 bridgehead atoms. The van der Waals surface area contributed by atoms with Crippen LogP contribution >= 0.6 is 0 Å². The molecule has 1 aliphatic heterocycles. The maximum Gasteiger partial charge on any atom is 0.226 e. The highest BCUT2D eigenvalue weighted by atomic mass is 16.5. The molecule has 1 atom stereocenters. The minimum absolute atomic E-state index is 0.0244. The number of carbonyl (C=O) groups excluding carboxylic acids is 1. The molecule has 1 aliphatic rings. The van der Waals surface area contributed by atoms with E-state index < -0.39 is 0 Å². The fraction of sp³-hybridized carbons (Fsp3) is 0.533. The van der Waals surface area contributed by atoms with Gasteiger partial charge in [-0.15, -0.1) is 0 Å². The molecular weight excluding hydrogens is 256 g/mol. The molecule has 20 heavy (non-hydrogen) atoms. The zero-order chi connectivity index (χ0) is 14.4. The summed E-state index contributed by atoms with van der Waals surface area (Å²) in [5, 5.41) is 9.31. The van der Waals surface area contributed by atoms with Crippen molar-refractivity contribution in [3.05, 3.63) is 24.3 Å². The van der Waals surface area contributed by atoms with E-state index in [0.29, 0.717) is 24.5 Å². The van der Waals surface area contributed by atoms with Gasteiger partial charge in [0.25, 0.3) is 0 Å². The lowest BCUT2D eigenvalue weighted by atomic mass is 10.0. The van der Waals surface area contributed by atoms with Gasteiger partial charge in [0.2, 0.25) is 5.91 Å². The van der Waals surface area contributed by atoms with E-state index in [0.717, 1.165) is 25.8 Å². The van der Waals surface area contributed by atoms with Crippen molar-refractivity contribution >= 4 is 11.6 Å². The van der Waals surface area contributed by atoms with Crippen LogP contribution in [0.1, 0.15) is 25.7 Å². The Hall–Kier alpha value is -1.75. The number of amides is 1. The molecule has 0 aliphatic carbocycles. The SMILES string of the molecule is Nc1cccc(OCCC(=O)N2CCCCC2CO)c1. The standard InChI is InChI=1S/C15H22N2O3/c16-12-4-3-6-14(10-12)20-9-7-15(19)17-8-2-1-5-13(17)11-18/h3-4,6,10,13,18H,1-2,5,7-9,11,16H2. The minimum atomic E-state index is -0.0244. The molecule has 1 aromatic carbocycles. The van der Waals surface area contributed by atoms with Gasteiger partial charge >= 0.3 is 0 Å². The Labute approximate surface area is 119 Å². The van der Waals surface area contributed by atoms with E-state index in [1.165, 1.54) is 0 Å². The second-order valence-corrected chi connectivity index (χ2v) is 5.09. The maximum atomic E-state index is 12.1. The third-order valence-electron chi connectivity index (χ3n) is 3.60. The molecule has 1 saturated heterocycles. The maximum absolute atomic E-state index is 12.1. The zero-order valence-corrected chi connectivity index (χ0v) is 11.6. The number of nitrogens with zero attached hydrogens (tertiary/aromatic N) is 1. The van der Waals surface area contributed by atoms with Crippen LogP contribution in [0.4, 0.5) is 5.69 Å². The van der Waals surface area contributed by atoms with Gasteiger partial charge < -0.3 is 20.5 Å². The van der Waals surface area contributed by atoms with E-state index in [4.69, 9.17) is 10.5 Å². The second-order valence-electron chi connectivity index (χ2n) is 5.09. The van der Waals surface area contributed by atoms with Crippen molar-refractivity contribution in [1.82, 2.24) is 4.90 Å². The third kappa shape index (κ3) is 3.87. The predicted octanol–water partition coefficient (Wildman–Crippen LogP) is 1.41. The van der Waals surface area contributed by atoms with E-state index >= 15 is 0 Å². The fourth-order valence-electron chi connectivity index (χ4n) is 2.52. The Balaban J connectivity index is 1.79. The summed E-state index contributed by atoms with van der Waals surface area (Å²) in [5.41, 5.74) is 6.30. The summed E-state index contributed by atoms with van der Waals surface area (Å²) >= 11 is 0. The van der Waals surface area contributed by atoms with Crippen LogP contribution < -0.4 is 10.5 Å². The number of aliphatic hydroxyl groups excluding tert-OH is 1. The number of nitrogens with two attached hydrogens (primary N) is 1. The lowest BCUT2D eigenvalue weighted by molar-refractivity contribution is -0.136. The van der Waals surface area contributed by atoms with Crippen molar-refractivity contribution in [2.24, 2.45) is 0 Å². The molecule has 110 valence electrons. The van der Waals surface area contributed by atoms with Gasteiger partial charge in [-0.2, -0.15) is 0 Å². The lowest BCUT2D eigenvalue weighted by Gasteiger charge is -2.34. The van der Waals surface area contributed by atoms with Crippen LogP contribution in [-0.2, 0) is 4.79 Å². The number of likely N-dealkylation sites (tertiary alicyclic amines) is 1. The smallest absolute Gasteiger partial charge is 0.226 e. The second kappa shape index (κ2) is 7.14. The highest BCUT2D eigenvalue weighted by Gasteiger charge is 2.25. The van der Waals surface area contributed by atoms with Gasteiger partial charge in [0.05, 0.1) is 25.7 Å². The predicted molar refractivity (Wildman–Crippen MR) is 77.4 cm³/mol. The van der Waals surface area contributed by atoms with Gasteiger partial charge in [-0.05, 0) is 31.4 Å². The first-order valence-corrected chi connectivity index (χ1v) is 7.09. The first kappa shape index (κ1) is 14.7. The van der Waals surface area contributed by atoms with Crippen molar-refractivity contribution in [3.8, 4) is 5.75 Å². The number of benzene rings is 1. The number of hydrogen-bond acceptors (Lipinski definition) is 4. The normalized spacial score (nSPS) is 18.9. The molecular formula is C15H22N2O3. The Kier molecular flexibility index (Phi) is 5.24. The topological polar surface area (TPSA) is 75.8 Å². The number of nitrogen functional groups attached to an aromatic ring is 1. The van der Waals surface area contributed by atoms with Gasteiger partial charge in [0, 0.05) is 18.3 Å². The largest absolute Gasteiger partial charge is 0.493 e. The summed E-state index contributed by atoms with van der Waals surface area (Å²) < 4.78 is 5.53. The molecule has 5 heteroatoms. The molecule has 0 saturated carbocycles. The monoisotopic (exact) mass is 278 g/mol. The third-order valence-corrected chi connectivity index (χ3v) is 3.60. The zero-order valence-electron chi connectivity index (χ0n) is 11.6. The highest BCUT2D eigenvalue weighted by molar-refractivity contribution is 5.76. The number of anilines is 1. The quantitative estimate of drug-likeness (QED) is 0.799. The Morgan fingerprint density at radius 3 is 3.05 bits per heavy atom. The van der Waals surface area contributed by atoms with Crippen LogP contribution in [0.3, 0.4) is 0 Å². The van der Waals surface area contributed by atoms with Crippen LogP contribution in [-0.4, -0.2) is 41.7 Å². The summed E-state index contributed by atoms with van der Waals surface area (Å²) in [6.45, 7) is 1.11. The number of aliphatic hydroxyl groups is 1. The molecule has 1 fully saturated rings. The highest BCUT2D eigenvalue weighted by Crippen LogP contribution is 2.18. The molecule has 1 unspecified atom stereocenters. The summed E-state index contributed by atoms with van der Waals surface area (Å²) in [6.07, 6.45) is 3.30. The molecule has 5 nitrogen and oxygen atoms in total. The van der Waals surface area contributed by atoms with Crippen molar-refractivity contribution in [2.75, 3.05) is 25.5 Å². The van der Waals surface area contributed by atoms with Gasteiger partial charge in [-0.25, -0.2) is 0 Å². The van der Waals surface area contributed by atoms with E-state index in [2.05, 4.69) is 0 Å². The summed E-state index contributed by atoms with van der Waals surface area (Å²) in [4.78, 5) is 13.9. The first-order valence-electron chi connectivity index (χ1n) is 7.09. The van der Waals surface area contributed by atoms with Crippen LogP contribution in [0.15, 0.2) is 24.3 Å². The van der Waals surface area contributed by atoms with Crippen molar-refractivity contribution in [2.45, 2.75) is 31.7 Å². The van der Waals surface area contributed by atoms with Gasteiger partial charge in [0.1, 0.15) is 5.75 Å². The number of rotatable bonds is 5. The van der Waals surface area contributed by atoms with Gasteiger partial charge in [-0.3, -0.25) is 4.79 Å². The lowest BCUT2D eigenvalue weighted by Crippen LogP contribution is -2.46. The number of carbonyl (C=O) groups is 1. The molecule has 2 rings (SSSR count). The van der Waals surface area contributed by atoms with E-state index in [9.17, 15) is 9.90 Å². The molecule has 1 heterocycles. The molecule has 1 aromatic rings. The summed E-state index contributed by atoms with van der Waals surface area (Å²) in [6, 6.07) is 7.14. The molecule has 0 spiro atoms. The van der Waals surface area contributed by atoms with E-state index in [1.54, 1.807) is 17.0 Å². The van der Waals surface area contributed by atoms with Gasteiger partial charge in [-0.1, -0.05) is 6.07 Å². The number of ether oxygens (including phenoxy) is 1. The molecule has 3 N–H and O–H groups in total. The van der Waals surface area contributed by atoms with Crippen molar-refractivity contribution in [1.29, 1.82) is 0 Å². The molecule has 0 radical (unpaired) electrons. The fourth-order valence-corrected chi connectivity index (χ4v) is 2.52. The van der Waals surface area contributed by atoms with Crippen LogP contribution in [0.2, 0.25) is 0 Å². The average molecular weight is 278 g/mol. The summed E-state index contributed by atoms with van der Waals surface area (Å²) in [7, 11) is 0. The Morgan fingerprint density at radius 2 is 2.30 bits per heavy atom. The van der Waals surface area contributed by atoms with E-state index in [1.807, 2.05) is 12.1 Å². The summed E-state index contributed by atoms with van der Waals surface area (Å²) in [5.74, 6) is 0.725. The van der Waals surface area contributed by atoms with Crippen LogP contribution in [0, 0.1) is 0 Å². The average Bonchev–Trinajstić information content (AvgIpc) is 2.47. The molecule has 1 amide bonds. The van der Waals surface area contributed by atoms with E-state index in [-0.39, 0.29) is 18.6 Å². The van der Waals surface area contributed by atoms with Crippen LogP contribution in [0.5, 0.6) is 5.75 Å². The van der Waals surface area contributed by atoms with Crippen molar-refractivity contribution in [3.63, 3.8) is 0 Å². The van der Waals surface area contributed by atoms with Crippen molar-refractivity contribution < 1.29 is 14.6 Å². The Morgan fingerprint density at radius 1 is 1.45 bits per heavy atom. The molecule has 0 aromatic heterocycles. The first-order chi connectivity index (χ1) is 9.70. The Bertz CT molecular complexity index is 450. The van der Waals surface area contributed by atoms with Crippen LogP contribution in [0.25, 0.3) is 0 Å². The van der Waals surface area contributed by atoms with Gasteiger partial charge in [0.15, 0.2) is 0 Å². The number of piperidine rings is 1. The number of hydrogen-bond donors (Lipinski definition) is 2.